The first kappa shape index (κ1) is 17.6. The van der Waals surface area contributed by atoms with E-state index in [2.05, 4.69) is 20.6 Å². The van der Waals surface area contributed by atoms with Crippen LogP contribution in [-0.2, 0) is 0 Å². The van der Waals surface area contributed by atoms with Gasteiger partial charge < -0.3 is 9.63 Å². The fourth-order valence-electron chi connectivity index (χ4n) is 3.08. The van der Waals surface area contributed by atoms with Crippen LogP contribution in [0.2, 0.25) is 0 Å². The van der Waals surface area contributed by atoms with Gasteiger partial charge in [-0.2, -0.15) is 9.78 Å². The van der Waals surface area contributed by atoms with Gasteiger partial charge in [0, 0.05) is 17.7 Å². The van der Waals surface area contributed by atoms with Crippen molar-refractivity contribution in [1.82, 2.24) is 20.1 Å². The summed E-state index contributed by atoms with van der Waals surface area (Å²) in [5.41, 5.74) is 4.77. The van der Waals surface area contributed by atoms with Gasteiger partial charge in [0.25, 0.3) is 5.69 Å². The fourth-order valence-corrected chi connectivity index (χ4v) is 3.89. The predicted octanol–water partition coefficient (Wildman–Crippen LogP) is 2.26. The number of thioether (sulfide) groups is 1. The third-order valence-electron chi connectivity index (χ3n) is 4.64. The maximum Gasteiger partial charge on any atom is 0.287 e. The van der Waals surface area contributed by atoms with Crippen LogP contribution in [0, 0.1) is 13.8 Å². The highest BCUT2D eigenvalue weighted by Gasteiger charge is 2.30. The maximum atomic E-state index is 12.4. The molecule has 2 aromatic carbocycles. The first-order chi connectivity index (χ1) is 14.1. The van der Waals surface area contributed by atoms with E-state index in [1.165, 1.54) is 16.4 Å². The Morgan fingerprint density at radius 1 is 1.00 bits per heavy atom. The van der Waals surface area contributed by atoms with Crippen LogP contribution in [0.15, 0.2) is 63.3 Å². The average molecular weight is 404 g/mol. The van der Waals surface area contributed by atoms with Crippen LogP contribution in [-0.4, -0.2) is 31.6 Å². The van der Waals surface area contributed by atoms with Crippen molar-refractivity contribution in [3.05, 3.63) is 65.4 Å². The Hall–Kier alpha value is -3.46. The molecule has 0 N–H and O–H groups in total. The number of hydrogen-bond donors (Lipinski definition) is 0. The Labute approximate surface area is 170 Å². The normalized spacial score (nSPS) is 13.2. The van der Waals surface area contributed by atoms with E-state index < -0.39 is 5.95 Å². The smallest absolute Gasteiger partial charge is 0.287 e. The Morgan fingerprint density at radius 3 is 2.41 bits per heavy atom. The minimum Gasteiger partial charge on any atom is -0.539 e. The molecular weight excluding hydrogens is 388 g/mol. The summed E-state index contributed by atoms with van der Waals surface area (Å²) in [7, 11) is 0. The zero-order valence-electron chi connectivity index (χ0n) is 15.7. The van der Waals surface area contributed by atoms with Crippen LogP contribution >= 0.6 is 11.8 Å². The first-order valence-corrected chi connectivity index (χ1v) is 9.98. The number of rotatable bonds is 3. The molecule has 0 saturated heterocycles. The average Bonchev–Trinajstić information content (AvgIpc) is 3.32. The van der Waals surface area contributed by atoms with Crippen LogP contribution in [0.3, 0.4) is 0 Å². The van der Waals surface area contributed by atoms with E-state index in [0.717, 1.165) is 22.4 Å². The molecule has 9 heteroatoms. The standard InChI is InChI=1S/C20H16N6O2S/c1-12-3-7-14(8-4-12)18-21-22-20-26(18)23-16(11-29-20)17-19(27)28-24-25(17)15-9-5-13(2)6-10-15/h3-10H,11H2,1-2H3. The second kappa shape index (κ2) is 6.85. The summed E-state index contributed by atoms with van der Waals surface area (Å²) < 4.78 is 8.11. The van der Waals surface area contributed by atoms with Crippen molar-refractivity contribution in [3.8, 4) is 23.0 Å². The van der Waals surface area contributed by atoms with E-state index in [-0.39, 0.29) is 0 Å². The van der Waals surface area contributed by atoms with E-state index in [0.29, 0.717) is 28.1 Å². The van der Waals surface area contributed by atoms with Crippen molar-refractivity contribution in [2.75, 3.05) is 5.75 Å². The molecule has 0 amide bonds. The van der Waals surface area contributed by atoms with E-state index >= 15 is 0 Å². The minimum atomic E-state index is -0.529. The van der Waals surface area contributed by atoms with Crippen molar-refractivity contribution in [1.29, 1.82) is 0 Å². The Kier molecular flexibility index (Phi) is 4.17. The number of nitrogens with zero attached hydrogens (tertiary/aromatic N) is 6. The number of fused-ring (bicyclic) bond motifs is 1. The molecule has 0 fully saturated rings. The lowest BCUT2D eigenvalue weighted by Crippen LogP contribution is -2.40. The zero-order valence-corrected chi connectivity index (χ0v) is 16.6. The first-order valence-electron chi connectivity index (χ1n) is 9.00. The van der Waals surface area contributed by atoms with Gasteiger partial charge in [-0.1, -0.05) is 59.3 Å². The highest BCUT2D eigenvalue weighted by molar-refractivity contribution is 7.99. The molecule has 0 aliphatic carbocycles. The zero-order chi connectivity index (χ0) is 20.0. The molecule has 144 valence electrons. The van der Waals surface area contributed by atoms with Crippen molar-refractivity contribution in [2.24, 2.45) is 5.10 Å². The molecule has 1 aliphatic rings. The molecule has 0 saturated carbocycles. The maximum absolute atomic E-state index is 12.4. The molecule has 0 spiro atoms. The van der Waals surface area contributed by atoms with Crippen molar-refractivity contribution in [3.63, 3.8) is 0 Å². The highest BCUT2D eigenvalue weighted by Crippen LogP contribution is 2.29. The molecule has 3 heterocycles. The number of benzene rings is 2. The summed E-state index contributed by atoms with van der Waals surface area (Å²) in [4.78, 5) is 0. The SMILES string of the molecule is Cc1ccc(-c2nnc3n2N=C(c2c([O-])on[n+]2-c2ccc(C)cc2)CS3)cc1. The van der Waals surface area contributed by atoms with Crippen LogP contribution in [0.1, 0.15) is 16.8 Å². The van der Waals surface area contributed by atoms with Crippen molar-refractivity contribution < 1.29 is 14.3 Å². The van der Waals surface area contributed by atoms with E-state index in [4.69, 9.17) is 4.52 Å². The second-order valence-corrected chi connectivity index (χ2v) is 7.72. The molecule has 0 unspecified atom stereocenters. The summed E-state index contributed by atoms with van der Waals surface area (Å²) in [6.07, 6.45) is 0. The molecule has 4 aromatic rings. The van der Waals surface area contributed by atoms with Gasteiger partial charge in [0.2, 0.25) is 10.8 Å². The number of aromatic nitrogens is 5. The summed E-state index contributed by atoms with van der Waals surface area (Å²) in [6, 6.07) is 15.7. The summed E-state index contributed by atoms with van der Waals surface area (Å²) >= 11 is 1.47. The van der Waals surface area contributed by atoms with Crippen molar-refractivity contribution >= 4 is 17.5 Å². The lowest BCUT2D eigenvalue weighted by atomic mass is 10.1. The molecule has 2 aromatic heterocycles. The van der Waals surface area contributed by atoms with Crippen LogP contribution in [0.4, 0.5) is 0 Å². The monoisotopic (exact) mass is 404 g/mol. The molecule has 8 nitrogen and oxygen atoms in total. The number of aryl methyl sites for hydroxylation is 2. The molecule has 0 atom stereocenters. The largest absolute Gasteiger partial charge is 0.539 e. The van der Waals surface area contributed by atoms with E-state index in [1.54, 1.807) is 4.68 Å². The van der Waals surface area contributed by atoms with E-state index in [9.17, 15) is 5.11 Å². The summed E-state index contributed by atoms with van der Waals surface area (Å²) in [5, 5.41) is 30.2. The van der Waals surface area contributed by atoms with Crippen LogP contribution < -0.4 is 9.79 Å². The second-order valence-electron chi connectivity index (χ2n) is 6.78. The molecule has 1 aliphatic heterocycles. The quantitative estimate of drug-likeness (QED) is 0.486. The van der Waals surface area contributed by atoms with Gasteiger partial charge in [0.1, 0.15) is 5.71 Å². The van der Waals surface area contributed by atoms with Gasteiger partial charge in [-0.25, -0.2) is 0 Å². The van der Waals surface area contributed by atoms with Crippen molar-refractivity contribution in [2.45, 2.75) is 19.0 Å². The Balaban J connectivity index is 1.61. The third-order valence-corrected chi connectivity index (χ3v) is 5.57. The van der Waals surface area contributed by atoms with Gasteiger partial charge in [0.15, 0.2) is 11.8 Å². The topological polar surface area (TPSA) is 96.0 Å². The molecule has 0 bridgehead atoms. The Bertz CT molecular complexity index is 1230. The molecule has 5 rings (SSSR count). The predicted molar refractivity (Wildman–Crippen MR) is 105 cm³/mol. The summed E-state index contributed by atoms with van der Waals surface area (Å²) in [6.45, 7) is 4.03. The number of hydrogen-bond acceptors (Lipinski definition) is 7. The lowest BCUT2D eigenvalue weighted by Gasteiger charge is -2.12. The van der Waals surface area contributed by atoms with Gasteiger partial charge >= 0.3 is 0 Å². The minimum absolute atomic E-state index is 0.301. The fraction of sp³-hybridized carbons (Fsp3) is 0.150. The van der Waals surface area contributed by atoms with Gasteiger partial charge in [-0.15, -0.1) is 10.2 Å². The van der Waals surface area contributed by atoms with Gasteiger partial charge in [-0.3, -0.25) is 0 Å². The van der Waals surface area contributed by atoms with E-state index in [1.807, 2.05) is 62.4 Å². The highest BCUT2D eigenvalue weighted by atomic mass is 32.2. The molecule has 0 radical (unpaired) electrons. The molecular formula is C20H16N6O2S. The van der Waals surface area contributed by atoms with Gasteiger partial charge in [-0.05, 0) is 18.5 Å². The van der Waals surface area contributed by atoms with Gasteiger partial charge in [0.05, 0.1) is 11.0 Å². The third kappa shape index (κ3) is 3.09. The molecule has 29 heavy (non-hydrogen) atoms. The Morgan fingerprint density at radius 2 is 1.69 bits per heavy atom. The van der Waals surface area contributed by atoms with Crippen LogP contribution in [0.5, 0.6) is 5.95 Å². The van der Waals surface area contributed by atoms with Crippen LogP contribution in [0.25, 0.3) is 17.1 Å². The summed E-state index contributed by atoms with van der Waals surface area (Å²) in [5.74, 6) is 0.558. The lowest BCUT2D eigenvalue weighted by molar-refractivity contribution is -0.671.